The second-order valence-electron chi connectivity index (χ2n) is 10.7. The Morgan fingerprint density at radius 1 is 0.733 bits per heavy atom. The van der Waals surface area contributed by atoms with Gasteiger partial charge in [-0.2, -0.15) is 0 Å². The maximum absolute atomic E-state index is 12.7. The van der Waals surface area contributed by atoms with E-state index in [1.165, 1.54) is 11.1 Å². The molecule has 45 heavy (non-hydrogen) atoms. The van der Waals surface area contributed by atoms with Gasteiger partial charge in [0.15, 0.2) is 0 Å². The maximum atomic E-state index is 12.7. The molecule has 0 aliphatic carbocycles. The van der Waals surface area contributed by atoms with E-state index in [0.29, 0.717) is 12.1 Å². The summed E-state index contributed by atoms with van der Waals surface area (Å²) in [6.45, 7) is 1.84. The topological polar surface area (TPSA) is 135 Å². The van der Waals surface area contributed by atoms with Crippen LogP contribution in [0.4, 0.5) is 0 Å². The van der Waals surface area contributed by atoms with Crippen LogP contribution >= 0.6 is 0 Å². The van der Waals surface area contributed by atoms with Gasteiger partial charge in [-0.1, -0.05) is 96.2 Å². The Morgan fingerprint density at radius 3 is 1.84 bits per heavy atom. The molecule has 10 nitrogen and oxygen atoms in total. The Labute approximate surface area is 261 Å². The molecule has 1 aromatic heterocycles. The molecule has 4 N–H and O–H groups in total. The van der Waals surface area contributed by atoms with Crippen molar-refractivity contribution in [3.8, 4) is 5.69 Å². The van der Waals surface area contributed by atoms with E-state index >= 15 is 0 Å². The van der Waals surface area contributed by atoms with E-state index in [-0.39, 0.29) is 13.0 Å². The number of nitrogens with two attached hydrogens (primary N) is 1. The smallest absolute Gasteiger partial charge is 0.251 e. The Bertz CT molecular complexity index is 1650. The average Bonchev–Trinajstić information content (AvgIpc) is 3.53. The van der Waals surface area contributed by atoms with Crippen LogP contribution < -0.4 is 16.4 Å². The van der Waals surface area contributed by atoms with Gasteiger partial charge < -0.3 is 16.4 Å². The monoisotopic (exact) mass is 601 g/mol. The van der Waals surface area contributed by atoms with E-state index in [1.54, 1.807) is 28.9 Å². The summed E-state index contributed by atoms with van der Waals surface area (Å²) in [5.74, 6) is -1.58. The summed E-state index contributed by atoms with van der Waals surface area (Å²) in [5.41, 5.74) is 10.7. The van der Waals surface area contributed by atoms with Crippen molar-refractivity contribution in [1.29, 1.82) is 0 Å². The minimum absolute atomic E-state index is 0.263. The molecule has 0 spiro atoms. The number of nitrogens with one attached hydrogen (secondary N) is 2. The van der Waals surface area contributed by atoms with E-state index in [0.717, 1.165) is 30.0 Å². The lowest BCUT2D eigenvalue weighted by Gasteiger charge is -2.21. The van der Waals surface area contributed by atoms with Crippen LogP contribution in [0.2, 0.25) is 0 Å². The van der Waals surface area contributed by atoms with Crippen molar-refractivity contribution in [1.82, 2.24) is 30.5 Å². The third kappa shape index (κ3) is 9.19. The van der Waals surface area contributed by atoms with Gasteiger partial charge in [-0.25, -0.2) is 4.68 Å². The van der Waals surface area contributed by atoms with Crippen molar-refractivity contribution in [3.63, 3.8) is 0 Å². The zero-order chi connectivity index (χ0) is 31.4. The minimum Gasteiger partial charge on any atom is -0.368 e. The van der Waals surface area contributed by atoms with E-state index in [4.69, 9.17) is 5.73 Å². The van der Waals surface area contributed by atoms with Gasteiger partial charge in [0.1, 0.15) is 6.04 Å². The summed E-state index contributed by atoms with van der Waals surface area (Å²) in [7, 11) is 0. The summed E-state index contributed by atoms with van der Waals surface area (Å²) in [5, 5.41) is 13.9. The van der Waals surface area contributed by atoms with Crippen molar-refractivity contribution in [2.24, 2.45) is 5.73 Å². The predicted octanol–water partition coefficient (Wildman–Crippen LogP) is 3.41. The number of rotatable bonds is 14. The first kappa shape index (κ1) is 30.8. The van der Waals surface area contributed by atoms with Gasteiger partial charge in [0, 0.05) is 31.6 Å². The third-order valence-corrected chi connectivity index (χ3v) is 7.19. The highest BCUT2D eigenvalue weighted by molar-refractivity contribution is 5.97. The molecule has 0 saturated heterocycles. The molecule has 1 heterocycles. The summed E-state index contributed by atoms with van der Waals surface area (Å²) < 4.78 is 1.67. The molecule has 1 atom stereocenters. The summed E-state index contributed by atoms with van der Waals surface area (Å²) in [6, 6.07) is 35.8. The Kier molecular flexibility index (Phi) is 10.4. The van der Waals surface area contributed by atoms with E-state index in [9.17, 15) is 14.4 Å². The summed E-state index contributed by atoms with van der Waals surface area (Å²) in [6.07, 6.45) is 2.15. The van der Waals surface area contributed by atoms with Crippen LogP contribution in [0, 0.1) is 0 Å². The van der Waals surface area contributed by atoms with Crippen LogP contribution in [0.25, 0.3) is 5.69 Å². The van der Waals surface area contributed by atoms with E-state index in [1.807, 2.05) is 72.9 Å². The zero-order valence-corrected chi connectivity index (χ0v) is 24.8. The molecule has 3 amide bonds. The van der Waals surface area contributed by atoms with Gasteiger partial charge in [0.05, 0.1) is 24.1 Å². The predicted molar refractivity (Wildman–Crippen MR) is 171 cm³/mol. The van der Waals surface area contributed by atoms with Crippen molar-refractivity contribution in [2.75, 3.05) is 6.54 Å². The first-order chi connectivity index (χ1) is 21.9. The molecule has 0 saturated carbocycles. The lowest BCUT2D eigenvalue weighted by atomic mass is 10.1. The molecule has 0 aliphatic heterocycles. The quantitative estimate of drug-likeness (QED) is 0.179. The number of hydrogen-bond donors (Lipinski definition) is 3. The van der Waals surface area contributed by atoms with Crippen molar-refractivity contribution < 1.29 is 14.4 Å². The summed E-state index contributed by atoms with van der Waals surface area (Å²) in [4.78, 5) is 39.3. The van der Waals surface area contributed by atoms with E-state index in [2.05, 4.69) is 50.1 Å². The fourth-order valence-electron chi connectivity index (χ4n) is 4.92. The molecule has 10 heteroatoms. The minimum atomic E-state index is -0.882. The van der Waals surface area contributed by atoms with Gasteiger partial charge in [0.2, 0.25) is 11.8 Å². The average molecular weight is 602 g/mol. The van der Waals surface area contributed by atoms with Gasteiger partial charge in [0.25, 0.3) is 5.91 Å². The zero-order valence-electron chi connectivity index (χ0n) is 24.8. The van der Waals surface area contributed by atoms with Crippen LogP contribution in [-0.4, -0.2) is 50.2 Å². The highest BCUT2D eigenvalue weighted by atomic mass is 16.2. The first-order valence-electron chi connectivity index (χ1n) is 14.7. The molecule has 0 radical (unpaired) electrons. The second-order valence-corrected chi connectivity index (χ2v) is 10.7. The largest absolute Gasteiger partial charge is 0.368 e. The van der Waals surface area contributed by atoms with Gasteiger partial charge in [-0.15, -0.1) is 5.10 Å². The number of carbonyl (C=O) groups is 3. The van der Waals surface area contributed by atoms with Crippen LogP contribution in [0.15, 0.2) is 121 Å². The number of hydrogen-bond acceptors (Lipinski definition) is 6. The number of aromatic nitrogens is 3. The molecule has 5 rings (SSSR count). The van der Waals surface area contributed by atoms with Crippen LogP contribution in [-0.2, 0) is 35.6 Å². The molecule has 228 valence electrons. The Hall–Kier alpha value is -5.61. The maximum Gasteiger partial charge on any atom is 0.251 e. The standard InChI is InChI=1S/C35H35N7O3/c36-34(44)32(20-26-10-4-1-5-11-26)38-33(43)21-37-35(45)29-16-18-31(19-17-29)42-25-30(39-40-42)24-41(22-27-12-6-2-7-13-27)23-28-14-8-3-9-15-28/h1-19,25,32H,20-24H2,(H2,36,44)(H,37,45)(H,38,43)/t32-/m0/s1. The molecule has 4 aromatic carbocycles. The fourth-order valence-corrected chi connectivity index (χ4v) is 4.92. The Morgan fingerprint density at radius 2 is 1.29 bits per heavy atom. The second kappa shape index (κ2) is 15.2. The fraction of sp³-hybridized carbons (Fsp3) is 0.171. The van der Waals surface area contributed by atoms with Crippen LogP contribution in [0.3, 0.4) is 0 Å². The molecule has 0 fully saturated rings. The number of nitrogens with zero attached hydrogens (tertiary/aromatic N) is 4. The molecular weight excluding hydrogens is 566 g/mol. The number of benzene rings is 4. The Balaban J connectivity index is 1.16. The van der Waals surface area contributed by atoms with Crippen molar-refractivity contribution >= 4 is 17.7 Å². The van der Waals surface area contributed by atoms with Crippen molar-refractivity contribution in [2.45, 2.75) is 32.1 Å². The SMILES string of the molecule is NC(=O)[C@H](Cc1ccccc1)NC(=O)CNC(=O)c1ccc(-n2cc(CN(Cc3ccccc3)Cc3ccccc3)nn2)cc1. The molecule has 0 bridgehead atoms. The van der Waals surface area contributed by atoms with Crippen LogP contribution in [0.5, 0.6) is 0 Å². The lowest BCUT2D eigenvalue weighted by molar-refractivity contribution is -0.126. The molecular formula is C35H35N7O3. The lowest BCUT2D eigenvalue weighted by Crippen LogP contribution is -2.49. The number of primary amides is 1. The molecule has 5 aromatic rings. The number of amides is 3. The molecule has 0 unspecified atom stereocenters. The van der Waals surface area contributed by atoms with Crippen molar-refractivity contribution in [3.05, 3.63) is 149 Å². The highest BCUT2D eigenvalue weighted by Gasteiger charge is 2.19. The highest BCUT2D eigenvalue weighted by Crippen LogP contribution is 2.15. The third-order valence-electron chi connectivity index (χ3n) is 7.19. The first-order valence-corrected chi connectivity index (χ1v) is 14.7. The van der Waals surface area contributed by atoms with Gasteiger partial charge in [-0.3, -0.25) is 19.3 Å². The molecule has 0 aliphatic rings. The normalized spacial score (nSPS) is 11.6. The van der Waals surface area contributed by atoms with Gasteiger partial charge in [-0.05, 0) is 41.0 Å². The van der Waals surface area contributed by atoms with Gasteiger partial charge >= 0.3 is 0 Å². The number of carbonyl (C=O) groups excluding carboxylic acids is 3. The van der Waals surface area contributed by atoms with E-state index < -0.39 is 23.8 Å². The van der Waals surface area contributed by atoms with Crippen LogP contribution in [0.1, 0.15) is 32.7 Å². The summed E-state index contributed by atoms with van der Waals surface area (Å²) >= 11 is 0.